The fraction of sp³-hybridized carbons (Fsp3) is 0.167. The van der Waals surface area contributed by atoms with Crippen LogP contribution in [0.2, 0.25) is 0 Å². The summed E-state index contributed by atoms with van der Waals surface area (Å²) in [7, 11) is 0. The molecule has 0 saturated carbocycles. The van der Waals surface area contributed by atoms with Crippen molar-refractivity contribution in [3.63, 3.8) is 0 Å². The molecule has 6 nitrogen and oxygen atoms in total. The van der Waals surface area contributed by atoms with Crippen LogP contribution in [0.5, 0.6) is 0 Å². The van der Waals surface area contributed by atoms with Crippen molar-refractivity contribution in [3.8, 4) is 0 Å². The molecule has 0 saturated heterocycles. The summed E-state index contributed by atoms with van der Waals surface area (Å²) in [6, 6.07) is 0. The number of hydrogen-bond acceptors (Lipinski definition) is 5. The van der Waals surface area contributed by atoms with Crippen molar-refractivity contribution in [1.82, 2.24) is 9.97 Å². The predicted molar refractivity (Wildman–Crippen MR) is 38.0 cm³/mol. The minimum atomic E-state index is -1.09. The van der Waals surface area contributed by atoms with Gasteiger partial charge in [-0.05, 0) is 0 Å². The molecule has 6 heteroatoms. The number of aromatic carboxylic acids is 1. The van der Waals surface area contributed by atoms with E-state index in [1.165, 1.54) is 12.5 Å². The summed E-state index contributed by atoms with van der Waals surface area (Å²) in [4.78, 5) is 22.0. The van der Waals surface area contributed by atoms with Gasteiger partial charge in [0.1, 0.15) is 18.5 Å². The minimum Gasteiger partial charge on any atom is -0.478 e. The third kappa shape index (κ3) is 1.74. The van der Waals surface area contributed by atoms with Crippen molar-refractivity contribution in [2.24, 2.45) is 5.90 Å². The molecule has 1 heterocycles. The summed E-state index contributed by atoms with van der Waals surface area (Å²) >= 11 is 0. The Morgan fingerprint density at radius 2 is 2.50 bits per heavy atom. The number of rotatable bonds is 3. The van der Waals surface area contributed by atoms with Gasteiger partial charge in [-0.3, -0.25) is 4.84 Å². The van der Waals surface area contributed by atoms with Gasteiger partial charge in [0.25, 0.3) is 0 Å². The van der Waals surface area contributed by atoms with Gasteiger partial charge in [-0.25, -0.2) is 20.7 Å². The third-order valence-corrected chi connectivity index (χ3v) is 1.25. The maximum Gasteiger partial charge on any atom is 0.339 e. The highest BCUT2D eigenvalue weighted by atomic mass is 16.6. The monoisotopic (exact) mass is 169 g/mol. The average molecular weight is 169 g/mol. The molecule has 0 spiro atoms. The normalized spacial score (nSPS) is 9.75. The van der Waals surface area contributed by atoms with E-state index in [9.17, 15) is 4.79 Å². The van der Waals surface area contributed by atoms with Crippen molar-refractivity contribution in [1.29, 1.82) is 0 Å². The Morgan fingerprint density at radius 1 is 1.75 bits per heavy atom. The first-order chi connectivity index (χ1) is 5.75. The summed E-state index contributed by atoms with van der Waals surface area (Å²) in [5.74, 6) is 3.68. The summed E-state index contributed by atoms with van der Waals surface area (Å²) < 4.78 is 0. The van der Waals surface area contributed by atoms with E-state index >= 15 is 0 Å². The third-order valence-electron chi connectivity index (χ3n) is 1.25. The van der Waals surface area contributed by atoms with Crippen LogP contribution >= 0.6 is 0 Å². The molecule has 0 bridgehead atoms. The Bertz CT molecular complexity index is 289. The molecule has 0 aliphatic rings. The Morgan fingerprint density at radius 3 is 3.08 bits per heavy atom. The van der Waals surface area contributed by atoms with Gasteiger partial charge < -0.3 is 5.11 Å². The first-order valence-electron chi connectivity index (χ1n) is 3.09. The van der Waals surface area contributed by atoms with Gasteiger partial charge >= 0.3 is 5.97 Å². The van der Waals surface area contributed by atoms with E-state index in [2.05, 4.69) is 14.8 Å². The highest BCUT2D eigenvalue weighted by molar-refractivity contribution is 5.88. The lowest BCUT2D eigenvalue weighted by molar-refractivity contribution is 0.0685. The van der Waals surface area contributed by atoms with E-state index in [0.29, 0.717) is 0 Å². The van der Waals surface area contributed by atoms with Gasteiger partial charge in [0.15, 0.2) is 0 Å². The van der Waals surface area contributed by atoms with Crippen LogP contribution in [0.1, 0.15) is 16.1 Å². The molecule has 1 aromatic rings. The minimum absolute atomic E-state index is 0.00273. The van der Waals surface area contributed by atoms with Gasteiger partial charge in [0.2, 0.25) is 0 Å². The molecule has 0 aliphatic carbocycles. The number of hydrogen-bond donors (Lipinski definition) is 2. The Labute approximate surface area is 68.0 Å². The molecule has 0 unspecified atom stereocenters. The molecule has 1 aromatic heterocycles. The molecular weight excluding hydrogens is 162 g/mol. The zero-order chi connectivity index (χ0) is 8.97. The number of carbonyl (C=O) groups is 1. The average Bonchev–Trinajstić information content (AvgIpc) is 2.05. The zero-order valence-corrected chi connectivity index (χ0v) is 6.10. The summed E-state index contributed by atoms with van der Waals surface area (Å²) in [5.41, 5.74) is 0.267. The van der Waals surface area contributed by atoms with Gasteiger partial charge in [0.05, 0.1) is 5.69 Å². The molecule has 12 heavy (non-hydrogen) atoms. The molecule has 0 aliphatic heterocycles. The first kappa shape index (κ1) is 8.57. The molecule has 3 N–H and O–H groups in total. The van der Waals surface area contributed by atoms with E-state index in [-0.39, 0.29) is 17.9 Å². The van der Waals surface area contributed by atoms with Crippen molar-refractivity contribution < 1.29 is 14.7 Å². The molecule has 1 rings (SSSR count). The summed E-state index contributed by atoms with van der Waals surface area (Å²) in [6.45, 7) is -0.0375. The lowest BCUT2D eigenvalue weighted by atomic mass is 10.2. The van der Waals surface area contributed by atoms with Crippen LogP contribution < -0.4 is 5.90 Å². The summed E-state index contributed by atoms with van der Waals surface area (Å²) in [5, 5.41) is 8.62. The standard InChI is InChI=1S/C6H7N3O3/c7-12-2-5-4(6(10)11)1-8-3-9-5/h1,3H,2,7H2,(H,10,11). The lowest BCUT2D eigenvalue weighted by Crippen LogP contribution is -2.09. The van der Waals surface area contributed by atoms with Crippen LogP contribution in [0, 0.1) is 0 Å². The van der Waals surface area contributed by atoms with Crippen LogP contribution in [-0.2, 0) is 11.4 Å². The van der Waals surface area contributed by atoms with E-state index < -0.39 is 5.97 Å². The molecule has 64 valence electrons. The van der Waals surface area contributed by atoms with Gasteiger partial charge in [-0.2, -0.15) is 0 Å². The quantitative estimate of drug-likeness (QED) is 0.595. The molecule has 0 atom stereocenters. The highest BCUT2D eigenvalue weighted by Crippen LogP contribution is 2.03. The highest BCUT2D eigenvalue weighted by Gasteiger charge is 2.10. The van der Waals surface area contributed by atoms with E-state index in [1.807, 2.05) is 0 Å². The molecular formula is C6H7N3O3. The Kier molecular flexibility index (Phi) is 2.67. The van der Waals surface area contributed by atoms with Crippen LogP contribution in [0.4, 0.5) is 0 Å². The molecule has 0 amide bonds. The largest absolute Gasteiger partial charge is 0.478 e. The van der Waals surface area contributed by atoms with E-state index in [1.54, 1.807) is 0 Å². The number of nitrogens with two attached hydrogens (primary N) is 1. The summed E-state index contributed by atoms with van der Waals surface area (Å²) in [6.07, 6.45) is 2.43. The van der Waals surface area contributed by atoms with Crippen molar-refractivity contribution in [2.75, 3.05) is 0 Å². The lowest BCUT2D eigenvalue weighted by Gasteiger charge is -2.00. The zero-order valence-electron chi connectivity index (χ0n) is 6.10. The molecule has 0 fully saturated rings. The Balaban J connectivity index is 3.00. The fourth-order valence-corrected chi connectivity index (χ4v) is 0.728. The molecule has 0 aromatic carbocycles. The predicted octanol–water partition coefficient (Wildman–Crippen LogP) is -0.435. The number of aromatic nitrogens is 2. The first-order valence-corrected chi connectivity index (χ1v) is 3.09. The second-order valence-electron chi connectivity index (χ2n) is 2.00. The van der Waals surface area contributed by atoms with Crippen molar-refractivity contribution in [3.05, 3.63) is 23.8 Å². The van der Waals surface area contributed by atoms with Crippen LogP contribution in [0.3, 0.4) is 0 Å². The smallest absolute Gasteiger partial charge is 0.339 e. The maximum absolute atomic E-state index is 10.5. The second kappa shape index (κ2) is 3.74. The topological polar surface area (TPSA) is 98.3 Å². The van der Waals surface area contributed by atoms with E-state index in [0.717, 1.165) is 0 Å². The SMILES string of the molecule is NOCc1ncncc1C(=O)O. The second-order valence-corrected chi connectivity index (χ2v) is 2.00. The van der Waals surface area contributed by atoms with Crippen LogP contribution in [0.25, 0.3) is 0 Å². The fourth-order valence-electron chi connectivity index (χ4n) is 0.728. The number of nitrogens with zero attached hydrogens (tertiary/aromatic N) is 2. The van der Waals surface area contributed by atoms with Crippen LogP contribution in [0.15, 0.2) is 12.5 Å². The van der Waals surface area contributed by atoms with Crippen molar-refractivity contribution >= 4 is 5.97 Å². The van der Waals surface area contributed by atoms with Gasteiger partial charge in [-0.15, -0.1) is 0 Å². The maximum atomic E-state index is 10.5. The van der Waals surface area contributed by atoms with Crippen molar-refractivity contribution in [2.45, 2.75) is 6.61 Å². The van der Waals surface area contributed by atoms with Crippen LogP contribution in [-0.4, -0.2) is 21.0 Å². The number of carboxylic acids is 1. The van der Waals surface area contributed by atoms with Gasteiger partial charge in [0, 0.05) is 6.20 Å². The molecule has 0 radical (unpaired) electrons. The Hall–Kier alpha value is -1.53. The van der Waals surface area contributed by atoms with E-state index in [4.69, 9.17) is 11.0 Å². The van der Waals surface area contributed by atoms with Gasteiger partial charge in [-0.1, -0.05) is 0 Å². The number of carboxylic acid groups (broad SMARTS) is 1.